The Bertz CT molecular complexity index is 1310. The summed E-state index contributed by atoms with van der Waals surface area (Å²) in [7, 11) is 0. The van der Waals surface area contributed by atoms with Gasteiger partial charge in [-0.15, -0.1) is 0 Å². The molecule has 0 saturated heterocycles. The third-order valence-electron chi connectivity index (χ3n) is 8.73. The molecule has 10 nitrogen and oxygen atoms in total. The average molecular weight is 667 g/mol. The Balaban J connectivity index is 2.11. The summed E-state index contributed by atoms with van der Waals surface area (Å²) in [5, 5.41) is 20.7. The zero-order valence-electron chi connectivity index (χ0n) is 29.5. The lowest BCUT2D eigenvalue weighted by Crippen LogP contribution is -2.51. The number of nitrogens with one attached hydrogen (secondary N) is 4. The van der Waals surface area contributed by atoms with Gasteiger partial charge in [0.25, 0.3) is 11.8 Å². The molecule has 10 heteroatoms. The number of phenols is 2. The van der Waals surface area contributed by atoms with E-state index in [1.165, 1.54) is 12.1 Å². The monoisotopic (exact) mass is 666 g/mol. The van der Waals surface area contributed by atoms with Gasteiger partial charge in [0.1, 0.15) is 11.5 Å². The van der Waals surface area contributed by atoms with Crippen LogP contribution in [-0.2, 0) is 22.4 Å². The number of aryl methyl sites for hydroxylation is 2. The summed E-state index contributed by atoms with van der Waals surface area (Å²) in [6.07, 6.45) is 14.0. The molecule has 0 spiro atoms. The Hall–Kier alpha value is -4.08. The van der Waals surface area contributed by atoms with Gasteiger partial charge in [0, 0.05) is 0 Å². The summed E-state index contributed by atoms with van der Waals surface area (Å²) in [4.78, 5) is 53.1. The fraction of sp³-hybridized carbons (Fsp3) is 0.579. The smallest absolute Gasteiger partial charge is 0.273 e. The third kappa shape index (κ3) is 13.6. The second-order valence-corrected chi connectivity index (χ2v) is 12.7. The van der Waals surface area contributed by atoms with Crippen LogP contribution < -0.4 is 21.7 Å². The van der Waals surface area contributed by atoms with Crippen LogP contribution in [0, 0.1) is 11.8 Å². The molecule has 2 aromatic carbocycles. The normalized spacial score (nSPS) is 12.2. The highest BCUT2D eigenvalue weighted by molar-refractivity contribution is 5.99. The first kappa shape index (κ1) is 40.1. The molecule has 0 heterocycles. The number of hydrogen-bond donors (Lipinski definition) is 6. The quantitative estimate of drug-likeness (QED) is 0.0612. The van der Waals surface area contributed by atoms with E-state index in [-0.39, 0.29) is 22.6 Å². The molecule has 0 bridgehead atoms. The molecule has 0 saturated carbocycles. The largest absolute Gasteiger partial charge is 0.507 e. The van der Waals surface area contributed by atoms with Gasteiger partial charge in [-0.1, -0.05) is 104 Å². The van der Waals surface area contributed by atoms with E-state index < -0.39 is 35.5 Å². The predicted molar refractivity (Wildman–Crippen MR) is 189 cm³/mol. The molecule has 0 aromatic heterocycles. The van der Waals surface area contributed by atoms with Gasteiger partial charge in [0.2, 0.25) is 11.8 Å². The Morgan fingerprint density at radius 3 is 1.35 bits per heavy atom. The van der Waals surface area contributed by atoms with Gasteiger partial charge < -0.3 is 10.2 Å². The van der Waals surface area contributed by atoms with Crippen molar-refractivity contribution in [3.8, 4) is 11.5 Å². The topological polar surface area (TPSA) is 157 Å². The van der Waals surface area contributed by atoms with Crippen LogP contribution in [0.4, 0.5) is 0 Å². The summed E-state index contributed by atoms with van der Waals surface area (Å²) in [5.41, 5.74) is 11.8. The number of aromatic hydroxyl groups is 2. The van der Waals surface area contributed by atoms with E-state index in [0.29, 0.717) is 25.7 Å². The van der Waals surface area contributed by atoms with Crippen LogP contribution >= 0.6 is 0 Å². The third-order valence-corrected chi connectivity index (χ3v) is 8.73. The number of hydrazine groups is 2. The lowest BCUT2D eigenvalue weighted by Gasteiger charge is -2.26. The molecule has 6 N–H and O–H groups in total. The van der Waals surface area contributed by atoms with Gasteiger partial charge >= 0.3 is 0 Å². The molecule has 266 valence electrons. The molecule has 48 heavy (non-hydrogen) atoms. The highest BCUT2D eigenvalue weighted by atomic mass is 16.3. The first-order valence-electron chi connectivity index (χ1n) is 18.0. The van der Waals surface area contributed by atoms with E-state index in [2.05, 4.69) is 35.6 Å². The minimum atomic E-state index is -0.789. The molecule has 2 unspecified atom stereocenters. The molecular formula is C38H58N4O6. The zero-order valence-corrected chi connectivity index (χ0v) is 29.5. The second-order valence-electron chi connectivity index (χ2n) is 12.7. The van der Waals surface area contributed by atoms with Gasteiger partial charge in [-0.25, -0.2) is 0 Å². The van der Waals surface area contributed by atoms with Gasteiger partial charge in [0.05, 0.1) is 23.0 Å². The molecular weight excluding hydrogens is 608 g/mol. The van der Waals surface area contributed by atoms with Crippen molar-refractivity contribution < 1.29 is 29.4 Å². The van der Waals surface area contributed by atoms with Crippen molar-refractivity contribution in [3.63, 3.8) is 0 Å². The minimum Gasteiger partial charge on any atom is -0.507 e. The lowest BCUT2D eigenvalue weighted by atomic mass is 9.83. The van der Waals surface area contributed by atoms with Crippen molar-refractivity contribution in [1.29, 1.82) is 0 Å². The van der Waals surface area contributed by atoms with Gasteiger partial charge in [-0.05, 0) is 73.9 Å². The van der Waals surface area contributed by atoms with E-state index in [1.807, 2.05) is 13.8 Å². The van der Waals surface area contributed by atoms with Gasteiger partial charge in [-0.2, -0.15) is 0 Å². The summed E-state index contributed by atoms with van der Waals surface area (Å²) in [5.74, 6) is -4.32. The Labute approximate surface area is 286 Å². The fourth-order valence-electron chi connectivity index (χ4n) is 5.87. The van der Waals surface area contributed by atoms with Crippen molar-refractivity contribution in [2.45, 2.75) is 130 Å². The highest BCUT2D eigenvalue weighted by Crippen LogP contribution is 2.25. The Kier molecular flexibility index (Phi) is 18.8. The number of amides is 4. The maximum absolute atomic E-state index is 13.5. The zero-order chi connectivity index (χ0) is 35.3. The van der Waals surface area contributed by atoms with Crippen LogP contribution in [0.5, 0.6) is 11.5 Å². The van der Waals surface area contributed by atoms with Crippen LogP contribution in [0.25, 0.3) is 0 Å². The average Bonchev–Trinajstić information content (AvgIpc) is 3.08. The summed E-state index contributed by atoms with van der Waals surface area (Å²) >= 11 is 0. The maximum Gasteiger partial charge on any atom is 0.273 e. The predicted octanol–water partition coefficient (Wildman–Crippen LogP) is 7.18. The number of carbonyl (C=O) groups excluding carboxylic acids is 4. The SMILES string of the molecule is CCCCCCc1ccc(O)c(C(=O)NNC(=O)C(CCC)C(CCCCC)C(=O)NNC(=O)c2cc(CCCCCC)ccc2O)c1. The van der Waals surface area contributed by atoms with Crippen molar-refractivity contribution in [3.05, 3.63) is 58.7 Å². The first-order chi connectivity index (χ1) is 23.2. The molecule has 2 rings (SSSR count). The fourth-order valence-corrected chi connectivity index (χ4v) is 5.87. The summed E-state index contributed by atoms with van der Waals surface area (Å²) in [6, 6.07) is 9.82. The standard InChI is InChI=1S/C38H58N4O6/c1-5-9-12-15-18-27-21-23-33(43)31(25-27)37(47)41-39-35(45)29(17-8-4)30(20-14-11-7-3)36(46)40-42-38(48)32-26-28(22-24-34(32)44)19-16-13-10-6-2/h21-26,29-30,43-44H,5-20H2,1-4H3,(H,39,45)(H,40,46)(H,41,47)(H,42,48). The molecule has 2 atom stereocenters. The molecule has 0 aliphatic carbocycles. The van der Waals surface area contributed by atoms with Crippen LogP contribution in [0.1, 0.15) is 149 Å². The number of phenolic OH excluding ortho intramolecular Hbond substituents is 2. The molecule has 0 fully saturated rings. The van der Waals surface area contributed by atoms with Crippen LogP contribution in [-0.4, -0.2) is 33.8 Å². The van der Waals surface area contributed by atoms with Gasteiger partial charge in [-0.3, -0.25) is 40.9 Å². The Morgan fingerprint density at radius 2 is 0.938 bits per heavy atom. The molecule has 2 aromatic rings. The first-order valence-corrected chi connectivity index (χ1v) is 18.0. The van der Waals surface area contributed by atoms with E-state index in [4.69, 9.17) is 0 Å². The molecule has 0 aliphatic rings. The van der Waals surface area contributed by atoms with Crippen LogP contribution in [0.2, 0.25) is 0 Å². The maximum atomic E-state index is 13.5. The minimum absolute atomic E-state index is 0.0589. The second kappa shape index (κ2) is 22.5. The van der Waals surface area contributed by atoms with E-state index >= 15 is 0 Å². The molecule has 0 aliphatic heterocycles. The van der Waals surface area contributed by atoms with Crippen LogP contribution in [0.3, 0.4) is 0 Å². The number of rotatable bonds is 21. The Morgan fingerprint density at radius 1 is 0.521 bits per heavy atom. The van der Waals surface area contributed by atoms with Crippen molar-refractivity contribution in [2.75, 3.05) is 0 Å². The van der Waals surface area contributed by atoms with Crippen LogP contribution in [0.15, 0.2) is 36.4 Å². The molecule has 4 amide bonds. The molecule has 0 radical (unpaired) electrons. The summed E-state index contributed by atoms with van der Waals surface area (Å²) < 4.78 is 0. The highest BCUT2D eigenvalue weighted by Gasteiger charge is 2.33. The van der Waals surface area contributed by atoms with E-state index in [9.17, 15) is 29.4 Å². The van der Waals surface area contributed by atoms with E-state index in [0.717, 1.165) is 88.2 Å². The van der Waals surface area contributed by atoms with Crippen molar-refractivity contribution in [2.24, 2.45) is 11.8 Å². The van der Waals surface area contributed by atoms with Gasteiger partial charge in [0.15, 0.2) is 0 Å². The number of unbranched alkanes of at least 4 members (excludes halogenated alkanes) is 8. The van der Waals surface area contributed by atoms with Crippen molar-refractivity contribution >= 4 is 23.6 Å². The van der Waals surface area contributed by atoms with Crippen molar-refractivity contribution in [1.82, 2.24) is 21.7 Å². The number of benzene rings is 2. The van der Waals surface area contributed by atoms with E-state index in [1.54, 1.807) is 24.3 Å². The number of carbonyl (C=O) groups is 4. The summed E-state index contributed by atoms with van der Waals surface area (Å²) in [6.45, 7) is 8.23. The number of hydrogen-bond acceptors (Lipinski definition) is 6. The lowest BCUT2D eigenvalue weighted by molar-refractivity contribution is -0.136.